The fraction of sp³-hybridized carbons (Fsp3) is 0.348. The van der Waals surface area contributed by atoms with Crippen LogP contribution in [0.25, 0.3) is 22.0 Å². The second-order valence-corrected chi connectivity index (χ2v) is 9.23. The molecule has 0 bridgehead atoms. The van der Waals surface area contributed by atoms with E-state index < -0.39 is 10.8 Å². The van der Waals surface area contributed by atoms with E-state index in [1.54, 1.807) is 6.20 Å². The SMILES string of the molecule is C=C(C)CNc1c(Cl)cnc2ccc(-c3cnc(N4CCS(=O)CC4)nc3)cc12.CC. The monoisotopic (exact) mass is 457 g/mol. The Labute approximate surface area is 191 Å². The second-order valence-electron chi connectivity index (χ2n) is 7.13. The molecule has 1 aliphatic rings. The van der Waals surface area contributed by atoms with Crippen LogP contribution in [0.15, 0.2) is 48.9 Å². The summed E-state index contributed by atoms with van der Waals surface area (Å²) in [6.45, 7) is 12.0. The summed E-state index contributed by atoms with van der Waals surface area (Å²) in [6, 6.07) is 6.03. The number of benzene rings is 1. The molecule has 6 nitrogen and oxygen atoms in total. The first-order chi connectivity index (χ1) is 15.0. The van der Waals surface area contributed by atoms with Gasteiger partial charge in [0.15, 0.2) is 0 Å². The van der Waals surface area contributed by atoms with Gasteiger partial charge in [-0.15, -0.1) is 0 Å². The number of hydrogen-bond donors (Lipinski definition) is 1. The van der Waals surface area contributed by atoms with Crippen molar-refractivity contribution in [1.82, 2.24) is 15.0 Å². The topological polar surface area (TPSA) is 71.0 Å². The minimum atomic E-state index is -0.717. The normalized spacial score (nSPS) is 14.1. The Morgan fingerprint density at radius 3 is 2.45 bits per heavy atom. The molecule has 8 heteroatoms. The van der Waals surface area contributed by atoms with Crippen molar-refractivity contribution in [1.29, 1.82) is 0 Å². The van der Waals surface area contributed by atoms with Gasteiger partial charge in [-0.3, -0.25) is 9.19 Å². The maximum absolute atomic E-state index is 11.5. The molecule has 164 valence electrons. The lowest BCUT2D eigenvalue weighted by atomic mass is 10.0. The standard InChI is InChI=1S/C21H22ClN5OS.C2H6/c1-14(2)10-24-20-17-9-15(3-4-19(17)23-13-18(20)22)16-11-25-21(26-12-16)27-5-7-29(28)8-6-27;1-2/h3-4,9,11-13H,1,5-8,10H2,2H3,(H,23,24);1-2H3. The lowest BCUT2D eigenvalue weighted by Gasteiger charge is -2.26. The van der Waals surface area contributed by atoms with Gasteiger partial charge >= 0.3 is 0 Å². The molecular formula is C23H28ClN5OS. The van der Waals surface area contributed by atoms with Gasteiger partial charge in [-0.1, -0.05) is 43.7 Å². The van der Waals surface area contributed by atoms with Gasteiger partial charge in [0.2, 0.25) is 5.95 Å². The van der Waals surface area contributed by atoms with Gasteiger partial charge in [-0.05, 0) is 24.6 Å². The first kappa shape index (κ1) is 23.2. The smallest absolute Gasteiger partial charge is 0.225 e. The molecule has 0 saturated carbocycles. The van der Waals surface area contributed by atoms with E-state index in [0.29, 0.717) is 29.0 Å². The molecule has 4 rings (SSSR count). The van der Waals surface area contributed by atoms with E-state index in [0.717, 1.165) is 46.4 Å². The number of nitrogens with zero attached hydrogens (tertiary/aromatic N) is 4. The number of rotatable bonds is 5. The zero-order valence-electron chi connectivity index (χ0n) is 18.2. The molecular weight excluding hydrogens is 430 g/mol. The van der Waals surface area contributed by atoms with Gasteiger partial charge in [-0.25, -0.2) is 9.97 Å². The van der Waals surface area contributed by atoms with Crippen LogP contribution >= 0.6 is 11.6 Å². The molecule has 0 unspecified atom stereocenters. The van der Waals surface area contributed by atoms with Crippen LogP contribution in [-0.4, -0.2) is 50.3 Å². The molecule has 0 spiro atoms. The molecule has 1 saturated heterocycles. The number of nitrogens with one attached hydrogen (secondary N) is 1. The average molecular weight is 458 g/mol. The highest BCUT2D eigenvalue weighted by molar-refractivity contribution is 7.85. The Morgan fingerprint density at radius 1 is 1.13 bits per heavy atom. The Balaban J connectivity index is 0.00000132. The molecule has 0 atom stereocenters. The zero-order valence-corrected chi connectivity index (χ0v) is 19.8. The molecule has 31 heavy (non-hydrogen) atoms. The largest absolute Gasteiger partial charge is 0.380 e. The minimum absolute atomic E-state index is 0.574. The lowest BCUT2D eigenvalue weighted by Crippen LogP contribution is -2.38. The van der Waals surface area contributed by atoms with E-state index in [9.17, 15) is 4.21 Å². The van der Waals surface area contributed by atoms with Gasteiger partial charge < -0.3 is 10.2 Å². The maximum Gasteiger partial charge on any atom is 0.225 e. The fourth-order valence-corrected chi connectivity index (χ4v) is 4.51. The molecule has 0 amide bonds. The minimum Gasteiger partial charge on any atom is -0.380 e. The van der Waals surface area contributed by atoms with Crippen molar-refractivity contribution in [2.45, 2.75) is 20.8 Å². The number of fused-ring (bicyclic) bond motifs is 1. The number of aromatic nitrogens is 3. The molecule has 2 aromatic heterocycles. The van der Waals surface area contributed by atoms with Crippen molar-refractivity contribution in [2.24, 2.45) is 0 Å². The lowest BCUT2D eigenvalue weighted by molar-refractivity contribution is 0.671. The maximum atomic E-state index is 11.5. The summed E-state index contributed by atoms with van der Waals surface area (Å²) in [4.78, 5) is 15.6. The van der Waals surface area contributed by atoms with Gasteiger partial charge in [0.25, 0.3) is 0 Å². The highest BCUT2D eigenvalue weighted by Crippen LogP contribution is 2.33. The molecule has 0 radical (unpaired) electrons. The molecule has 1 N–H and O–H groups in total. The van der Waals surface area contributed by atoms with E-state index in [2.05, 4.69) is 37.8 Å². The molecule has 0 aliphatic carbocycles. The summed E-state index contributed by atoms with van der Waals surface area (Å²) in [6.07, 6.45) is 5.32. The van der Waals surface area contributed by atoms with Crippen LogP contribution in [0.3, 0.4) is 0 Å². The van der Waals surface area contributed by atoms with Crippen molar-refractivity contribution in [3.8, 4) is 11.1 Å². The quantitative estimate of drug-likeness (QED) is 0.548. The highest BCUT2D eigenvalue weighted by atomic mass is 35.5. The molecule has 1 aromatic carbocycles. The van der Waals surface area contributed by atoms with E-state index in [1.807, 2.05) is 45.3 Å². The van der Waals surface area contributed by atoms with Crippen LogP contribution in [0.5, 0.6) is 0 Å². The summed E-state index contributed by atoms with van der Waals surface area (Å²) in [5, 5.41) is 4.87. The Morgan fingerprint density at radius 2 is 1.81 bits per heavy atom. The molecule has 3 aromatic rings. The Kier molecular flexibility index (Phi) is 7.98. The van der Waals surface area contributed by atoms with Crippen molar-refractivity contribution in [2.75, 3.05) is 41.4 Å². The molecule has 3 heterocycles. The van der Waals surface area contributed by atoms with E-state index in [1.165, 1.54) is 0 Å². The van der Waals surface area contributed by atoms with Gasteiger partial charge in [0.1, 0.15) is 0 Å². The number of pyridine rings is 1. The zero-order chi connectivity index (χ0) is 22.4. The summed E-state index contributed by atoms with van der Waals surface area (Å²) < 4.78 is 11.5. The van der Waals surface area contributed by atoms with Crippen LogP contribution in [-0.2, 0) is 10.8 Å². The number of anilines is 2. The number of halogens is 1. The summed E-state index contributed by atoms with van der Waals surface area (Å²) in [5.41, 5.74) is 4.64. The van der Waals surface area contributed by atoms with Gasteiger partial charge in [-0.2, -0.15) is 0 Å². The summed E-state index contributed by atoms with van der Waals surface area (Å²) in [7, 11) is -0.717. The predicted molar refractivity (Wildman–Crippen MR) is 133 cm³/mol. The Bertz CT molecular complexity index is 1080. The molecule has 1 fully saturated rings. The van der Waals surface area contributed by atoms with E-state index in [4.69, 9.17) is 11.6 Å². The summed E-state index contributed by atoms with van der Waals surface area (Å²) >= 11 is 6.40. The van der Waals surface area contributed by atoms with Gasteiger partial charge in [0.05, 0.1) is 16.2 Å². The average Bonchev–Trinajstić information content (AvgIpc) is 2.80. The van der Waals surface area contributed by atoms with Crippen LogP contribution in [0.1, 0.15) is 20.8 Å². The summed E-state index contributed by atoms with van der Waals surface area (Å²) in [5.74, 6) is 2.02. The van der Waals surface area contributed by atoms with E-state index in [-0.39, 0.29) is 0 Å². The van der Waals surface area contributed by atoms with Crippen molar-refractivity contribution in [3.63, 3.8) is 0 Å². The van der Waals surface area contributed by atoms with Gasteiger partial charge in [0, 0.05) is 71.5 Å². The highest BCUT2D eigenvalue weighted by Gasteiger charge is 2.17. The van der Waals surface area contributed by atoms with Crippen molar-refractivity contribution < 1.29 is 4.21 Å². The first-order valence-electron chi connectivity index (χ1n) is 10.4. The van der Waals surface area contributed by atoms with Crippen LogP contribution in [0, 0.1) is 0 Å². The van der Waals surface area contributed by atoms with Crippen LogP contribution < -0.4 is 10.2 Å². The third-order valence-electron chi connectivity index (χ3n) is 4.82. The Hall–Kier alpha value is -2.51. The van der Waals surface area contributed by atoms with Crippen molar-refractivity contribution >= 4 is 44.9 Å². The van der Waals surface area contributed by atoms with Crippen LogP contribution in [0.2, 0.25) is 5.02 Å². The predicted octanol–water partition coefficient (Wildman–Crippen LogP) is 4.93. The third kappa shape index (κ3) is 5.60. The van der Waals surface area contributed by atoms with Crippen LogP contribution in [0.4, 0.5) is 11.6 Å². The number of hydrogen-bond acceptors (Lipinski definition) is 6. The fourth-order valence-electron chi connectivity index (χ4n) is 3.24. The third-order valence-corrected chi connectivity index (χ3v) is 6.38. The second kappa shape index (κ2) is 10.7. The molecule has 1 aliphatic heterocycles. The van der Waals surface area contributed by atoms with E-state index >= 15 is 0 Å². The van der Waals surface area contributed by atoms with Crippen molar-refractivity contribution in [3.05, 3.63) is 54.0 Å². The first-order valence-corrected chi connectivity index (χ1v) is 12.3.